The van der Waals surface area contributed by atoms with Crippen LogP contribution in [0.4, 0.5) is 0 Å². The van der Waals surface area contributed by atoms with E-state index < -0.39 is 0 Å². The number of methoxy groups -OCH3 is 1. The third kappa shape index (κ3) is 8.05. The smallest absolute Gasteiger partial charge is 0.123 e. The second-order valence-electron chi connectivity index (χ2n) is 5.60. The Morgan fingerprint density at radius 1 is 1.14 bits per heavy atom. The molecule has 4 nitrogen and oxygen atoms in total. The molecule has 0 aliphatic carbocycles. The van der Waals surface area contributed by atoms with Crippen molar-refractivity contribution in [2.24, 2.45) is 5.92 Å². The van der Waals surface area contributed by atoms with Crippen molar-refractivity contribution in [3.05, 3.63) is 29.3 Å². The van der Waals surface area contributed by atoms with E-state index in [2.05, 4.69) is 38.2 Å². The summed E-state index contributed by atoms with van der Waals surface area (Å²) in [4.78, 5) is 0. The summed E-state index contributed by atoms with van der Waals surface area (Å²) >= 11 is 0. The van der Waals surface area contributed by atoms with Gasteiger partial charge in [0, 0.05) is 32.4 Å². The second-order valence-corrected chi connectivity index (χ2v) is 5.60. The van der Waals surface area contributed by atoms with E-state index in [4.69, 9.17) is 14.2 Å². The van der Waals surface area contributed by atoms with Crippen LogP contribution in [0.5, 0.6) is 5.75 Å². The van der Waals surface area contributed by atoms with Crippen LogP contribution in [-0.2, 0) is 16.0 Å². The highest BCUT2D eigenvalue weighted by Crippen LogP contribution is 2.19. The molecule has 1 aromatic rings. The molecule has 4 heteroatoms. The number of aryl methyl sites for hydroxylation is 1. The molecule has 1 aromatic carbocycles. The lowest BCUT2D eigenvalue weighted by atomic mass is 10.1. The maximum Gasteiger partial charge on any atom is 0.123 e. The van der Waals surface area contributed by atoms with Crippen molar-refractivity contribution in [1.82, 2.24) is 5.32 Å². The standard InChI is InChI=1S/C17H29NO3/c1-14(2)13-20-9-10-21-17-6-5-15(3)11-16(17)12-18-7-8-19-4/h5-6,11,14,18H,7-10,12-13H2,1-4H3. The number of ether oxygens (including phenoxy) is 3. The number of benzene rings is 1. The van der Waals surface area contributed by atoms with Crippen LogP contribution in [0.3, 0.4) is 0 Å². The average molecular weight is 295 g/mol. The van der Waals surface area contributed by atoms with Gasteiger partial charge in [-0.2, -0.15) is 0 Å². The van der Waals surface area contributed by atoms with Crippen LogP contribution in [0.2, 0.25) is 0 Å². The van der Waals surface area contributed by atoms with Gasteiger partial charge in [-0.05, 0) is 18.9 Å². The average Bonchev–Trinajstić information content (AvgIpc) is 2.45. The zero-order valence-corrected chi connectivity index (χ0v) is 13.8. The highest BCUT2D eigenvalue weighted by molar-refractivity contribution is 5.36. The summed E-state index contributed by atoms with van der Waals surface area (Å²) in [5.41, 5.74) is 2.41. The van der Waals surface area contributed by atoms with Crippen LogP contribution in [0.25, 0.3) is 0 Å². The molecule has 0 heterocycles. The summed E-state index contributed by atoms with van der Waals surface area (Å²) in [6.45, 7) is 10.7. The van der Waals surface area contributed by atoms with E-state index in [9.17, 15) is 0 Å². The highest BCUT2D eigenvalue weighted by Gasteiger charge is 2.04. The molecule has 120 valence electrons. The van der Waals surface area contributed by atoms with Crippen LogP contribution < -0.4 is 10.1 Å². The van der Waals surface area contributed by atoms with Crippen molar-refractivity contribution >= 4 is 0 Å². The Hall–Kier alpha value is -1.10. The van der Waals surface area contributed by atoms with E-state index in [0.29, 0.717) is 25.7 Å². The van der Waals surface area contributed by atoms with Gasteiger partial charge in [-0.15, -0.1) is 0 Å². The molecule has 0 saturated heterocycles. The SMILES string of the molecule is COCCNCc1cc(C)ccc1OCCOCC(C)C. The Bertz CT molecular complexity index is 394. The van der Waals surface area contributed by atoms with Crippen LogP contribution in [-0.4, -0.2) is 40.1 Å². The van der Waals surface area contributed by atoms with Gasteiger partial charge in [0.25, 0.3) is 0 Å². The van der Waals surface area contributed by atoms with Gasteiger partial charge in [-0.1, -0.05) is 31.5 Å². The molecule has 0 aromatic heterocycles. The van der Waals surface area contributed by atoms with Crippen LogP contribution in [0.1, 0.15) is 25.0 Å². The molecule has 0 atom stereocenters. The van der Waals surface area contributed by atoms with Crippen LogP contribution in [0, 0.1) is 12.8 Å². The van der Waals surface area contributed by atoms with E-state index in [0.717, 1.165) is 25.4 Å². The minimum Gasteiger partial charge on any atom is -0.491 e. The van der Waals surface area contributed by atoms with Gasteiger partial charge in [0.2, 0.25) is 0 Å². The summed E-state index contributed by atoms with van der Waals surface area (Å²) in [5, 5.41) is 3.35. The first-order valence-electron chi connectivity index (χ1n) is 7.63. The first-order valence-corrected chi connectivity index (χ1v) is 7.63. The molecule has 0 spiro atoms. The van der Waals surface area contributed by atoms with Gasteiger partial charge >= 0.3 is 0 Å². The Labute approximate surface area is 128 Å². The Kier molecular flexibility index (Phi) is 9.06. The van der Waals surface area contributed by atoms with Crippen molar-refractivity contribution in [1.29, 1.82) is 0 Å². The van der Waals surface area contributed by atoms with Crippen molar-refractivity contribution < 1.29 is 14.2 Å². The lowest BCUT2D eigenvalue weighted by Crippen LogP contribution is -2.19. The third-order valence-electron chi connectivity index (χ3n) is 2.95. The lowest BCUT2D eigenvalue weighted by molar-refractivity contribution is 0.0816. The zero-order chi connectivity index (χ0) is 15.5. The van der Waals surface area contributed by atoms with Crippen LogP contribution >= 0.6 is 0 Å². The fraction of sp³-hybridized carbons (Fsp3) is 0.647. The van der Waals surface area contributed by atoms with E-state index in [1.165, 1.54) is 11.1 Å². The maximum atomic E-state index is 5.83. The Balaban J connectivity index is 2.40. The molecular weight excluding hydrogens is 266 g/mol. The molecule has 1 rings (SSSR count). The summed E-state index contributed by atoms with van der Waals surface area (Å²) in [5.74, 6) is 1.49. The molecule has 0 aliphatic rings. The topological polar surface area (TPSA) is 39.7 Å². The summed E-state index contributed by atoms with van der Waals surface area (Å²) in [6, 6.07) is 6.26. The van der Waals surface area contributed by atoms with Gasteiger partial charge < -0.3 is 19.5 Å². The molecule has 0 aliphatic heterocycles. The molecule has 1 N–H and O–H groups in total. The molecule has 0 bridgehead atoms. The predicted molar refractivity (Wildman–Crippen MR) is 85.9 cm³/mol. The number of rotatable bonds is 11. The number of hydrogen-bond donors (Lipinski definition) is 1. The molecule has 21 heavy (non-hydrogen) atoms. The number of hydrogen-bond acceptors (Lipinski definition) is 4. The van der Waals surface area contributed by atoms with Crippen molar-refractivity contribution in [2.75, 3.05) is 40.1 Å². The molecule has 0 radical (unpaired) electrons. The minimum atomic E-state index is 0.560. The fourth-order valence-corrected chi connectivity index (χ4v) is 1.91. The van der Waals surface area contributed by atoms with Crippen LogP contribution in [0.15, 0.2) is 18.2 Å². The second kappa shape index (κ2) is 10.6. The van der Waals surface area contributed by atoms with Gasteiger partial charge in [0.1, 0.15) is 12.4 Å². The molecule has 0 fully saturated rings. The summed E-state index contributed by atoms with van der Waals surface area (Å²) < 4.78 is 16.4. The summed E-state index contributed by atoms with van der Waals surface area (Å²) in [7, 11) is 1.71. The summed E-state index contributed by atoms with van der Waals surface area (Å²) in [6.07, 6.45) is 0. The zero-order valence-electron chi connectivity index (χ0n) is 13.8. The van der Waals surface area contributed by atoms with Gasteiger partial charge in [0.15, 0.2) is 0 Å². The molecule has 0 saturated carbocycles. The molecule has 0 unspecified atom stereocenters. The van der Waals surface area contributed by atoms with E-state index in [1.54, 1.807) is 7.11 Å². The maximum absolute atomic E-state index is 5.83. The quantitative estimate of drug-likeness (QED) is 0.637. The number of nitrogens with one attached hydrogen (secondary N) is 1. The van der Waals surface area contributed by atoms with Gasteiger partial charge in [-0.25, -0.2) is 0 Å². The van der Waals surface area contributed by atoms with Crippen molar-refractivity contribution in [3.8, 4) is 5.75 Å². The lowest BCUT2D eigenvalue weighted by Gasteiger charge is -2.14. The van der Waals surface area contributed by atoms with E-state index >= 15 is 0 Å². The molecular formula is C17H29NO3. The predicted octanol–water partition coefficient (Wildman–Crippen LogP) is 2.78. The van der Waals surface area contributed by atoms with Gasteiger partial charge in [-0.3, -0.25) is 0 Å². The van der Waals surface area contributed by atoms with Crippen molar-refractivity contribution in [2.45, 2.75) is 27.3 Å². The van der Waals surface area contributed by atoms with Gasteiger partial charge in [0.05, 0.1) is 13.2 Å². The fourth-order valence-electron chi connectivity index (χ4n) is 1.91. The largest absolute Gasteiger partial charge is 0.491 e. The van der Waals surface area contributed by atoms with Crippen molar-refractivity contribution in [3.63, 3.8) is 0 Å². The third-order valence-corrected chi connectivity index (χ3v) is 2.95. The van der Waals surface area contributed by atoms with E-state index in [1.807, 2.05) is 6.07 Å². The molecule has 0 amide bonds. The normalized spacial score (nSPS) is 11.1. The first kappa shape index (κ1) is 18.0. The first-order chi connectivity index (χ1) is 10.1. The monoisotopic (exact) mass is 295 g/mol. The van der Waals surface area contributed by atoms with E-state index in [-0.39, 0.29) is 0 Å². The Morgan fingerprint density at radius 3 is 2.67 bits per heavy atom. The minimum absolute atomic E-state index is 0.560. The Morgan fingerprint density at radius 2 is 1.95 bits per heavy atom. The highest BCUT2D eigenvalue weighted by atomic mass is 16.5.